The van der Waals surface area contributed by atoms with Crippen molar-refractivity contribution in [3.05, 3.63) is 0 Å². The Hall–Kier alpha value is -1.16. The van der Waals surface area contributed by atoms with Crippen LogP contribution in [0.3, 0.4) is 0 Å². The minimum atomic E-state index is -0.609. The number of alkyl carbamates (subject to hydrolysis) is 1. The number of hydrogen-bond acceptors (Lipinski definition) is 7. The molecule has 12 heteroatoms. The number of carbonyl (C=O) groups is 3. The standard InChI is InChI=1S/C16H25NO2.C11H15ClO2.C9H18N2O2.CH2Cl2/c1-2-10-8-17(9-10)16(18)19-15-13-4-11-3-12(6-13)7-14(15)5-11;12-11(13)14-10-8-2-6-1-7(4-8)5-9(10)3-6;1-9(2,3)13-8(12)11-6-7-4-10-5-7;2-1-3/h10-15H,2-9H2,1H3;6-10H,1-5H2;7,10H,4-6H2,1-3H3,(H,11,12);1H2. The van der Waals surface area contributed by atoms with Gasteiger partial charge in [-0.2, -0.15) is 0 Å². The second-order valence-corrected chi connectivity index (χ2v) is 18.3. The molecule has 2 saturated heterocycles. The van der Waals surface area contributed by atoms with Gasteiger partial charge in [-0.05, 0) is 145 Å². The third-order valence-corrected chi connectivity index (χ3v) is 12.4. The van der Waals surface area contributed by atoms with Gasteiger partial charge in [-0.25, -0.2) is 14.4 Å². The van der Waals surface area contributed by atoms with E-state index in [-0.39, 0.29) is 29.7 Å². The molecule has 0 aromatic heterocycles. The highest BCUT2D eigenvalue weighted by Gasteiger charge is 2.51. The molecule has 8 aliphatic carbocycles. The number of rotatable bonds is 5. The lowest BCUT2D eigenvalue weighted by Gasteiger charge is -2.54. The third kappa shape index (κ3) is 10.9. The van der Waals surface area contributed by atoms with Crippen molar-refractivity contribution < 1.29 is 28.6 Å². The molecule has 8 saturated carbocycles. The lowest BCUT2D eigenvalue weighted by molar-refractivity contribution is -0.107. The first-order chi connectivity index (χ1) is 23.3. The summed E-state index contributed by atoms with van der Waals surface area (Å²) in [5, 5.41) is 6.08. The lowest BCUT2D eigenvalue weighted by Crippen LogP contribution is -2.54. The van der Waals surface area contributed by atoms with E-state index in [1.165, 1.54) is 70.6 Å². The minimum absolute atomic E-state index is 0.0258. The zero-order valence-electron chi connectivity index (χ0n) is 30.0. The quantitative estimate of drug-likeness (QED) is 0.165. The largest absolute Gasteiger partial charge is 0.450 e. The maximum atomic E-state index is 12.2. The molecular formula is C37H60Cl3N3O6. The Morgan fingerprint density at radius 2 is 1.16 bits per heavy atom. The summed E-state index contributed by atoms with van der Waals surface area (Å²) in [5.74, 6) is 7.63. The Labute approximate surface area is 308 Å². The summed E-state index contributed by atoms with van der Waals surface area (Å²) >= 11 is 14.8. The number of likely N-dealkylation sites (tertiary alicyclic amines) is 1. The van der Waals surface area contributed by atoms with Crippen molar-refractivity contribution in [1.82, 2.24) is 15.5 Å². The van der Waals surface area contributed by atoms with Crippen LogP contribution in [0.1, 0.15) is 98.3 Å². The summed E-state index contributed by atoms with van der Waals surface area (Å²) in [5.41, 5.74) is -1.01. The highest BCUT2D eigenvalue weighted by molar-refractivity contribution is 6.61. The molecule has 49 heavy (non-hydrogen) atoms. The summed E-state index contributed by atoms with van der Waals surface area (Å²) in [6, 6.07) is 0. The molecule has 0 aromatic carbocycles. The van der Waals surface area contributed by atoms with Crippen LogP contribution in [0.4, 0.5) is 14.4 Å². The van der Waals surface area contributed by atoms with Crippen molar-refractivity contribution in [2.24, 2.45) is 59.2 Å². The van der Waals surface area contributed by atoms with Gasteiger partial charge in [-0.15, -0.1) is 23.2 Å². The number of halogens is 3. The van der Waals surface area contributed by atoms with Crippen LogP contribution in [-0.4, -0.2) is 78.4 Å². The Kier molecular flexibility index (Phi) is 14.0. The van der Waals surface area contributed by atoms with Gasteiger partial charge in [-0.3, -0.25) is 0 Å². The van der Waals surface area contributed by atoms with Gasteiger partial charge >= 0.3 is 17.6 Å². The molecule has 10 fully saturated rings. The fourth-order valence-electron chi connectivity index (χ4n) is 10.4. The molecule has 2 heterocycles. The molecular weight excluding hydrogens is 689 g/mol. The summed E-state index contributed by atoms with van der Waals surface area (Å²) in [4.78, 5) is 36.0. The molecule has 2 amide bonds. The first-order valence-corrected chi connectivity index (χ1v) is 20.4. The molecule has 2 N–H and O–H groups in total. The number of alkyl halides is 2. The van der Waals surface area contributed by atoms with E-state index in [2.05, 4.69) is 17.6 Å². The second kappa shape index (κ2) is 17.6. The monoisotopic (exact) mass is 747 g/mol. The molecule has 10 rings (SSSR count). The van der Waals surface area contributed by atoms with Crippen molar-refractivity contribution in [1.29, 1.82) is 0 Å². The van der Waals surface area contributed by atoms with Crippen LogP contribution in [0.15, 0.2) is 0 Å². The number of nitrogens with one attached hydrogen (secondary N) is 2. The summed E-state index contributed by atoms with van der Waals surface area (Å²) in [7, 11) is 0. The van der Waals surface area contributed by atoms with Crippen LogP contribution in [0.25, 0.3) is 0 Å². The van der Waals surface area contributed by atoms with Gasteiger partial charge in [-0.1, -0.05) is 6.92 Å². The average molecular weight is 749 g/mol. The molecule has 0 atom stereocenters. The maximum Gasteiger partial charge on any atom is 0.410 e. The molecule has 9 nitrogen and oxygen atoms in total. The number of nitrogens with zero attached hydrogens (tertiary/aromatic N) is 1. The van der Waals surface area contributed by atoms with Gasteiger partial charge < -0.3 is 29.7 Å². The maximum absolute atomic E-state index is 12.2. The smallest absolute Gasteiger partial charge is 0.410 e. The van der Waals surface area contributed by atoms with E-state index in [9.17, 15) is 14.4 Å². The number of ether oxygens (including phenoxy) is 3. The predicted octanol–water partition coefficient (Wildman–Crippen LogP) is 8.63. The SMILES string of the molecule is CC(C)(C)OC(=O)NCC1CNC1.CCC1CN(C(=O)OC2C3CC4CC(C3)CC2C4)C1.ClCCl.O=C(Cl)OC1C2CC3CC(C2)CC1C3. The molecule has 8 bridgehead atoms. The third-order valence-electron chi connectivity index (χ3n) is 12.3. The van der Waals surface area contributed by atoms with E-state index in [1.807, 2.05) is 25.7 Å². The Bertz CT molecular complexity index is 1060. The van der Waals surface area contributed by atoms with Crippen molar-refractivity contribution in [2.75, 3.05) is 38.1 Å². The van der Waals surface area contributed by atoms with Crippen LogP contribution in [0, 0.1) is 59.2 Å². The van der Waals surface area contributed by atoms with E-state index in [4.69, 9.17) is 49.0 Å². The predicted molar refractivity (Wildman–Crippen MR) is 193 cm³/mol. The first kappa shape index (κ1) is 39.1. The van der Waals surface area contributed by atoms with Crippen LogP contribution in [-0.2, 0) is 14.2 Å². The number of hydrogen-bond donors (Lipinski definition) is 2. The summed E-state index contributed by atoms with van der Waals surface area (Å²) in [6.07, 6.45) is 14.5. The van der Waals surface area contributed by atoms with E-state index < -0.39 is 11.0 Å². The van der Waals surface area contributed by atoms with Crippen LogP contribution < -0.4 is 10.6 Å². The van der Waals surface area contributed by atoms with Crippen LogP contribution in [0.2, 0.25) is 0 Å². The Morgan fingerprint density at radius 1 is 0.735 bits per heavy atom. The van der Waals surface area contributed by atoms with E-state index in [0.717, 1.165) is 49.9 Å². The second-order valence-electron chi connectivity index (χ2n) is 17.2. The minimum Gasteiger partial charge on any atom is -0.450 e. The van der Waals surface area contributed by atoms with Gasteiger partial charge in [0.25, 0.3) is 0 Å². The highest BCUT2D eigenvalue weighted by Crippen LogP contribution is 2.56. The van der Waals surface area contributed by atoms with Crippen molar-refractivity contribution in [3.63, 3.8) is 0 Å². The lowest BCUT2D eigenvalue weighted by atomic mass is 9.55. The fourth-order valence-corrected chi connectivity index (χ4v) is 10.5. The van der Waals surface area contributed by atoms with Crippen molar-refractivity contribution in [3.8, 4) is 0 Å². The molecule has 0 unspecified atom stereocenters. The van der Waals surface area contributed by atoms with Crippen LogP contribution >= 0.6 is 34.8 Å². The van der Waals surface area contributed by atoms with Gasteiger partial charge in [0.2, 0.25) is 0 Å². The average Bonchev–Trinajstić information content (AvgIpc) is 2.95. The summed E-state index contributed by atoms with van der Waals surface area (Å²) in [6.45, 7) is 12.3. The van der Waals surface area contributed by atoms with E-state index in [1.54, 1.807) is 0 Å². The zero-order chi connectivity index (χ0) is 35.3. The first-order valence-electron chi connectivity index (χ1n) is 18.9. The van der Waals surface area contributed by atoms with Gasteiger partial charge in [0.05, 0.1) is 5.34 Å². The zero-order valence-corrected chi connectivity index (χ0v) is 32.2. The van der Waals surface area contributed by atoms with Crippen molar-refractivity contribution >= 4 is 52.4 Å². The van der Waals surface area contributed by atoms with Gasteiger partial charge in [0, 0.05) is 50.2 Å². The Morgan fingerprint density at radius 3 is 1.51 bits per heavy atom. The highest BCUT2D eigenvalue weighted by atomic mass is 35.5. The van der Waals surface area contributed by atoms with Crippen molar-refractivity contribution in [2.45, 2.75) is 116 Å². The van der Waals surface area contributed by atoms with E-state index in [0.29, 0.717) is 42.1 Å². The fraction of sp³-hybridized carbons (Fsp3) is 0.919. The van der Waals surface area contributed by atoms with Crippen LogP contribution in [0.5, 0.6) is 0 Å². The molecule has 10 aliphatic rings. The van der Waals surface area contributed by atoms with Gasteiger partial charge in [0.15, 0.2) is 0 Å². The molecule has 0 spiro atoms. The molecule has 2 aliphatic heterocycles. The summed E-state index contributed by atoms with van der Waals surface area (Å²) < 4.78 is 16.3. The Balaban J connectivity index is 0.000000141. The van der Waals surface area contributed by atoms with E-state index >= 15 is 0 Å². The number of carbonyl (C=O) groups excluding carboxylic acids is 3. The molecule has 280 valence electrons. The molecule has 0 radical (unpaired) electrons. The number of amides is 2. The van der Waals surface area contributed by atoms with Gasteiger partial charge in [0.1, 0.15) is 17.8 Å². The molecule has 0 aromatic rings. The normalized spacial score (nSPS) is 36.3. The topological polar surface area (TPSA) is 106 Å².